The van der Waals surface area contributed by atoms with Crippen LogP contribution in [0.1, 0.15) is 69.4 Å². The molecule has 154 valence electrons. The summed E-state index contributed by atoms with van der Waals surface area (Å²) in [7, 11) is 0. The lowest BCUT2D eigenvalue weighted by atomic mass is 9.82. The first-order chi connectivity index (χ1) is 14.6. The number of aryl methyl sites for hydroxylation is 2. The Labute approximate surface area is 179 Å². The summed E-state index contributed by atoms with van der Waals surface area (Å²) in [6.45, 7) is 6.25. The minimum absolute atomic E-state index is 0.0502. The van der Waals surface area contributed by atoms with E-state index in [4.69, 9.17) is 0 Å². The van der Waals surface area contributed by atoms with E-state index in [2.05, 4.69) is 65.8 Å². The number of piperidine rings is 1. The monoisotopic (exact) mass is 398 g/mol. The van der Waals surface area contributed by atoms with Crippen LogP contribution in [0.3, 0.4) is 0 Å². The number of pyridine rings is 1. The summed E-state index contributed by atoms with van der Waals surface area (Å²) in [5.74, 6) is 0.851. The number of carbonyl (C=O) groups is 1. The van der Waals surface area contributed by atoms with Gasteiger partial charge in [0.05, 0.1) is 0 Å². The number of rotatable bonds is 6. The molecule has 0 unspecified atom stereocenters. The van der Waals surface area contributed by atoms with Crippen LogP contribution in [0.5, 0.6) is 0 Å². The van der Waals surface area contributed by atoms with Crippen LogP contribution >= 0.6 is 0 Å². The van der Waals surface area contributed by atoms with Crippen LogP contribution in [0, 0.1) is 13.8 Å². The number of Topliss-reactive ketones (excluding diaryl/α,β-unsaturated/α-hetero) is 1. The molecule has 0 radical (unpaired) electrons. The van der Waals surface area contributed by atoms with Crippen LogP contribution in [0.25, 0.3) is 0 Å². The standard InChI is InChI=1S/C27H30N2O/c1-19-5-3-4-6-25(19)26(18-27(30)24-13-16-29-20(2)17-24)23-9-7-21(8-10-23)22-11-14-28-15-12-22/h3-10,13,16-17,22,26,28H,11-12,14-15,18H2,1-2H3/t26-/m1/s1. The molecule has 2 aromatic carbocycles. The van der Waals surface area contributed by atoms with Gasteiger partial charge in [0.15, 0.2) is 5.78 Å². The van der Waals surface area contributed by atoms with E-state index < -0.39 is 0 Å². The Hall–Kier alpha value is -2.78. The number of hydrogen-bond acceptors (Lipinski definition) is 3. The third-order valence-corrected chi connectivity index (χ3v) is 6.32. The van der Waals surface area contributed by atoms with Crippen LogP contribution in [0.4, 0.5) is 0 Å². The molecule has 30 heavy (non-hydrogen) atoms. The van der Waals surface area contributed by atoms with E-state index in [0.717, 1.165) is 24.3 Å². The van der Waals surface area contributed by atoms with Crippen LogP contribution in [0.2, 0.25) is 0 Å². The highest BCUT2D eigenvalue weighted by Crippen LogP contribution is 2.33. The van der Waals surface area contributed by atoms with Gasteiger partial charge in [0.25, 0.3) is 0 Å². The number of nitrogens with one attached hydrogen (secondary N) is 1. The SMILES string of the molecule is Cc1cc(C(=O)C[C@H](c2ccc(C3CCNCC3)cc2)c2ccccc2C)ccn1. The lowest BCUT2D eigenvalue weighted by Gasteiger charge is -2.24. The lowest BCUT2D eigenvalue weighted by Crippen LogP contribution is -2.26. The number of aromatic nitrogens is 1. The molecule has 0 amide bonds. The Bertz CT molecular complexity index is 1000. The second-order valence-corrected chi connectivity index (χ2v) is 8.41. The molecule has 1 N–H and O–H groups in total. The molecule has 4 rings (SSSR count). The number of nitrogens with zero attached hydrogens (tertiary/aromatic N) is 1. The Morgan fingerprint density at radius 1 is 1.03 bits per heavy atom. The molecule has 3 aromatic rings. The van der Waals surface area contributed by atoms with Crippen molar-refractivity contribution < 1.29 is 4.79 Å². The number of ketones is 1. The van der Waals surface area contributed by atoms with Crippen molar-refractivity contribution in [3.63, 3.8) is 0 Å². The Morgan fingerprint density at radius 2 is 1.77 bits per heavy atom. The van der Waals surface area contributed by atoms with E-state index in [1.165, 1.54) is 35.1 Å². The quantitative estimate of drug-likeness (QED) is 0.552. The second-order valence-electron chi connectivity index (χ2n) is 8.41. The maximum Gasteiger partial charge on any atom is 0.163 e. The van der Waals surface area contributed by atoms with Gasteiger partial charge in [-0.15, -0.1) is 0 Å². The van der Waals surface area contributed by atoms with Crippen LogP contribution in [-0.4, -0.2) is 23.9 Å². The first kappa shape index (κ1) is 20.5. The molecular weight excluding hydrogens is 368 g/mol. The van der Waals surface area contributed by atoms with Crippen molar-refractivity contribution in [2.75, 3.05) is 13.1 Å². The second kappa shape index (κ2) is 9.36. The Morgan fingerprint density at radius 3 is 2.47 bits per heavy atom. The van der Waals surface area contributed by atoms with Gasteiger partial charge in [0.1, 0.15) is 0 Å². The average molecular weight is 399 g/mol. The van der Waals surface area contributed by atoms with E-state index in [9.17, 15) is 4.79 Å². The summed E-state index contributed by atoms with van der Waals surface area (Å²) >= 11 is 0. The van der Waals surface area contributed by atoms with E-state index in [1.54, 1.807) is 6.20 Å². The van der Waals surface area contributed by atoms with Crippen molar-refractivity contribution in [1.82, 2.24) is 10.3 Å². The minimum Gasteiger partial charge on any atom is -0.317 e. The largest absolute Gasteiger partial charge is 0.317 e. The van der Waals surface area contributed by atoms with Gasteiger partial charge >= 0.3 is 0 Å². The molecule has 1 aromatic heterocycles. The van der Waals surface area contributed by atoms with Crippen LogP contribution in [0.15, 0.2) is 66.9 Å². The van der Waals surface area contributed by atoms with Crippen molar-refractivity contribution in [1.29, 1.82) is 0 Å². The first-order valence-electron chi connectivity index (χ1n) is 10.9. The molecule has 1 atom stereocenters. The maximum absolute atomic E-state index is 13.1. The van der Waals surface area contributed by atoms with Crippen molar-refractivity contribution in [2.24, 2.45) is 0 Å². The highest BCUT2D eigenvalue weighted by molar-refractivity contribution is 5.96. The van der Waals surface area contributed by atoms with Gasteiger partial charge in [-0.05, 0) is 80.1 Å². The molecule has 0 bridgehead atoms. The van der Waals surface area contributed by atoms with E-state index in [1.807, 2.05) is 19.1 Å². The van der Waals surface area contributed by atoms with E-state index in [0.29, 0.717) is 12.3 Å². The van der Waals surface area contributed by atoms with Crippen molar-refractivity contribution in [3.8, 4) is 0 Å². The lowest BCUT2D eigenvalue weighted by molar-refractivity contribution is 0.0977. The fourth-order valence-electron chi connectivity index (χ4n) is 4.56. The average Bonchev–Trinajstić information content (AvgIpc) is 2.79. The zero-order chi connectivity index (χ0) is 20.9. The Kier molecular flexibility index (Phi) is 6.39. The topological polar surface area (TPSA) is 42.0 Å². The predicted octanol–water partition coefficient (Wildman–Crippen LogP) is 5.57. The van der Waals surface area contributed by atoms with Gasteiger partial charge < -0.3 is 5.32 Å². The first-order valence-corrected chi connectivity index (χ1v) is 10.9. The molecule has 0 saturated carbocycles. The minimum atomic E-state index is 0.0502. The molecule has 2 heterocycles. The Balaban J connectivity index is 1.63. The van der Waals surface area contributed by atoms with Gasteiger partial charge in [-0.2, -0.15) is 0 Å². The zero-order valence-electron chi connectivity index (χ0n) is 17.9. The van der Waals surface area contributed by atoms with Gasteiger partial charge in [-0.1, -0.05) is 48.5 Å². The number of hydrogen-bond donors (Lipinski definition) is 1. The van der Waals surface area contributed by atoms with Crippen LogP contribution < -0.4 is 5.32 Å². The summed E-state index contributed by atoms with van der Waals surface area (Å²) < 4.78 is 0. The summed E-state index contributed by atoms with van der Waals surface area (Å²) in [5, 5.41) is 3.44. The van der Waals surface area contributed by atoms with E-state index >= 15 is 0 Å². The fourth-order valence-corrected chi connectivity index (χ4v) is 4.56. The van der Waals surface area contributed by atoms with Gasteiger partial charge in [-0.3, -0.25) is 9.78 Å². The van der Waals surface area contributed by atoms with Crippen molar-refractivity contribution >= 4 is 5.78 Å². The normalized spacial score (nSPS) is 15.7. The highest BCUT2D eigenvalue weighted by atomic mass is 16.1. The zero-order valence-corrected chi connectivity index (χ0v) is 17.9. The van der Waals surface area contributed by atoms with E-state index in [-0.39, 0.29) is 11.7 Å². The number of carbonyl (C=O) groups excluding carboxylic acids is 1. The molecule has 3 nitrogen and oxygen atoms in total. The smallest absolute Gasteiger partial charge is 0.163 e. The third-order valence-electron chi connectivity index (χ3n) is 6.32. The molecule has 0 spiro atoms. The summed E-state index contributed by atoms with van der Waals surface area (Å²) in [5.41, 5.74) is 6.70. The molecule has 1 aliphatic rings. The van der Waals surface area contributed by atoms with Gasteiger partial charge in [-0.25, -0.2) is 0 Å². The molecule has 1 saturated heterocycles. The van der Waals surface area contributed by atoms with Crippen molar-refractivity contribution in [3.05, 3.63) is 100 Å². The van der Waals surface area contributed by atoms with Crippen molar-refractivity contribution in [2.45, 2.75) is 44.9 Å². The maximum atomic E-state index is 13.1. The predicted molar refractivity (Wildman–Crippen MR) is 122 cm³/mol. The summed E-state index contributed by atoms with van der Waals surface area (Å²) in [6, 6.07) is 21.2. The van der Waals surface area contributed by atoms with Gasteiger partial charge in [0.2, 0.25) is 0 Å². The molecule has 3 heteroatoms. The third kappa shape index (κ3) is 4.68. The summed E-state index contributed by atoms with van der Waals surface area (Å²) in [4.78, 5) is 17.4. The fraction of sp³-hybridized carbons (Fsp3) is 0.333. The molecular formula is C27H30N2O. The number of benzene rings is 2. The van der Waals surface area contributed by atoms with Gasteiger partial charge in [0, 0.05) is 29.8 Å². The molecule has 0 aliphatic carbocycles. The highest BCUT2D eigenvalue weighted by Gasteiger charge is 2.22. The summed E-state index contributed by atoms with van der Waals surface area (Å²) in [6.07, 6.45) is 4.57. The molecule has 1 aliphatic heterocycles. The molecule has 1 fully saturated rings. The van der Waals surface area contributed by atoms with Crippen LogP contribution in [-0.2, 0) is 0 Å².